The van der Waals surface area contributed by atoms with Crippen molar-refractivity contribution in [2.24, 2.45) is 0 Å². The van der Waals surface area contributed by atoms with Gasteiger partial charge in [0.2, 0.25) is 0 Å². The average molecular weight is 420 g/mol. The average Bonchev–Trinajstić information content (AvgIpc) is 3.29. The van der Waals surface area contributed by atoms with Crippen LogP contribution in [0, 0.1) is 0 Å². The number of nitrogens with zero attached hydrogens (tertiary/aromatic N) is 3. The van der Waals surface area contributed by atoms with Crippen LogP contribution in [-0.2, 0) is 10.3 Å². The van der Waals surface area contributed by atoms with E-state index in [-0.39, 0.29) is 0 Å². The standard InChI is InChI=1S/C25H29N3O3/c1-2-31-22(28-23(26-19-27-28)25(30)16-10-5-11-17-25)18-21(20-12-6-3-7-13-20)24(29)14-8-4-9-15-24/h3,6-8,10,12-14,16,19,29-30H,2,4-5,9,11,15,17H2,1H3. The van der Waals surface area contributed by atoms with E-state index in [4.69, 9.17) is 4.74 Å². The van der Waals surface area contributed by atoms with Crippen LogP contribution in [0.5, 0.6) is 0 Å². The van der Waals surface area contributed by atoms with Crippen molar-refractivity contribution in [2.45, 2.75) is 56.7 Å². The van der Waals surface area contributed by atoms with Crippen molar-refractivity contribution in [3.05, 3.63) is 78.1 Å². The van der Waals surface area contributed by atoms with Crippen molar-refractivity contribution in [2.75, 3.05) is 6.61 Å². The predicted octanol–water partition coefficient (Wildman–Crippen LogP) is 4.19. The lowest BCUT2D eigenvalue weighted by molar-refractivity contribution is 0.0594. The van der Waals surface area contributed by atoms with Crippen LogP contribution in [0.2, 0.25) is 0 Å². The van der Waals surface area contributed by atoms with Gasteiger partial charge in [-0.25, -0.2) is 4.98 Å². The van der Waals surface area contributed by atoms with E-state index in [0.29, 0.717) is 36.7 Å². The van der Waals surface area contributed by atoms with E-state index in [2.05, 4.69) is 15.8 Å². The molecule has 2 aromatic rings. The molecule has 6 nitrogen and oxygen atoms in total. The zero-order valence-corrected chi connectivity index (χ0v) is 17.9. The number of aromatic nitrogens is 3. The molecule has 0 amide bonds. The van der Waals surface area contributed by atoms with Gasteiger partial charge in [-0.05, 0) is 62.8 Å². The van der Waals surface area contributed by atoms with Crippen molar-refractivity contribution in [1.29, 1.82) is 0 Å². The van der Waals surface area contributed by atoms with Crippen LogP contribution in [0.4, 0.5) is 0 Å². The second kappa shape index (κ2) is 9.06. The molecular weight excluding hydrogens is 390 g/mol. The molecule has 1 aromatic heterocycles. The van der Waals surface area contributed by atoms with Gasteiger partial charge in [-0.15, -0.1) is 0 Å². The van der Waals surface area contributed by atoms with E-state index in [1.165, 1.54) is 11.0 Å². The first-order chi connectivity index (χ1) is 15.1. The second-order valence-electron chi connectivity index (χ2n) is 8.04. The molecule has 0 aliphatic heterocycles. The first kappa shape index (κ1) is 21.3. The fourth-order valence-electron chi connectivity index (χ4n) is 4.21. The summed E-state index contributed by atoms with van der Waals surface area (Å²) in [4.78, 5) is 4.35. The zero-order valence-electron chi connectivity index (χ0n) is 17.9. The molecular formula is C25H29N3O3. The summed E-state index contributed by atoms with van der Waals surface area (Å²) in [6.45, 7) is 2.26. The summed E-state index contributed by atoms with van der Waals surface area (Å²) in [5.74, 6) is 0.687. The minimum absolute atomic E-state index is 0.300. The van der Waals surface area contributed by atoms with Gasteiger partial charge in [0.05, 0.1) is 6.61 Å². The number of allylic oxidation sites excluding steroid dienone is 2. The van der Waals surface area contributed by atoms with Crippen molar-refractivity contribution in [1.82, 2.24) is 14.8 Å². The normalized spacial score (nSPS) is 25.1. The van der Waals surface area contributed by atoms with Crippen molar-refractivity contribution in [3.8, 4) is 0 Å². The number of hydrogen-bond donors (Lipinski definition) is 2. The maximum atomic E-state index is 11.5. The fraction of sp³-hybridized carbons (Fsp3) is 0.400. The van der Waals surface area contributed by atoms with Crippen molar-refractivity contribution < 1.29 is 14.9 Å². The van der Waals surface area contributed by atoms with Gasteiger partial charge < -0.3 is 14.9 Å². The molecule has 1 aromatic carbocycles. The second-order valence-corrected chi connectivity index (χ2v) is 8.04. The fourth-order valence-corrected chi connectivity index (χ4v) is 4.21. The van der Waals surface area contributed by atoms with Crippen molar-refractivity contribution >= 4 is 11.5 Å². The van der Waals surface area contributed by atoms with Crippen LogP contribution >= 0.6 is 0 Å². The Morgan fingerprint density at radius 2 is 1.84 bits per heavy atom. The van der Waals surface area contributed by atoms with Crippen LogP contribution < -0.4 is 0 Å². The topological polar surface area (TPSA) is 80.4 Å². The van der Waals surface area contributed by atoms with Gasteiger partial charge in [0.25, 0.3) is 5.88 Å². The Morgan fingerprint density at radius 1 is 1.10 bits per heavy atom. The van der Waals surface area contributed by atoms with E-state index in [9.17, 15) is 10.2 Å². The van der Waals surface area contributed by atoms with Crippen LogP contribution in [0.25, 0.3) is 11.5 Å². The first-order valence-corrected chi connectivity index (χ1v) is 11.0. The maximum absolute atomic E-state index is 11.5. The minimum Gasteiger partial charge on any atom is -0.472 e. The molecule has 1 heterocycles. The summed E-state index contributed by atoms with van der Waals surface area (Å²) in [5, 5.41) is 27.1. The molecule has 0 fully saturated rings. The number of benzene rings is 1. The van der Waals surface area contributed by atoms with Gasteiger partial charge in [0.1, 0.15) is 17.5 Å². The van der Waals surface area contributed by atoms with Crippen LogP contribution in [0.3, 0.4) is 0 Å². The Morgan fingerprint density at radius 3 is 2.48 bits per heavy atom. The summed E-state index contributed by atoms with van der Waals surface area (Å²) in [6, 6.07) is 9.71. The van der Waals surface area contributed by atoms with Crippen LogP contribution in [0.15, 0.2) is 66.7 Å². The lowest BCUT2D eigenvalue weighted by Gasteiger charge is -2.30. The summed E-state index contributed by atoms with van der Waals surface area (Å²) < 4.78 is 7.42. The number of aliphatic hydroxyl groups is 2. The molecule has 2 unspecified atom stereocenters. The molecule has 2 aliphatic carbocycles. The molecule has 2 N–H and O–H groups in total. The summed E-state index contributed by atoms with van der Waals surface area (Å²) >= 11 is 0. The van der Waals surface area contributed by atoms with Gasteiger partial charge in [-0.1, -0.05) is 48.6 Å². The number of ether oxygens (including phenoxy) is 1. The largest absolute Gasteiger partial charge is 0.472 e. The van der Waals surface area contributed by atoms with Gasteiger partial charge >= 0.3 is 0 Å². The molecule has 162 valence electrons. The molecule has 2 atom stereocenters. The van der Waals surface area contributed by atoms with Crippen LogP contribution in [-0.4, -0.2) is 37.2 Å². The summed E-state index contributed by atoms with van der Waals surface area (Å²) in [5.41, 5.74) is 2.40. The summed E-state index contributed by atoms with van der Waals surface area (Å²) in [6.07, 6.45) is 13.8. The lowest BCUT2D eigenvalue weighted by atomic mass is 9.81. The third-order valence-electron chi connectivity index (χ3n) is 5.78. The SMILES string of the molecule is CCOC(=C=C(c1ccccc1)C1(O)C=CCCC1)n1ncnc1C1(O)C=CCCC1. The van der Waals surface area contributed by atoms with E-state index in [1.54, 1.807) is 6.08 Å². The minimum atomic E-state index is -1.21. The molecule has 0 bridgehead atoms. The number of hydrogen-bond acceptors (Lipinski definition) is 5. The van der Waals surface area contributed by atoms with E-state index >= 15 is 0 Å². The lowest BCUT2D eigenvalue weighted by Crippen LogP contribution is -2.30. The van der Waals surface area contributed by atoms with E-state index in [1.807, 2.05) is 55.5 Å². The van der Waals surface area contributed by atoms with Gasteiger partial charge in [-0.2, -0.15) is 9.78 Å². The maximum Gasteiger partial charge on any atom is 0.263 e. The highest BCUT2D eigenvalue weighted by atomic mass is 16.5. The highest BCUT2D eigenvalue weighted by Gasteiger charge is 2.35. The molecule has 0 saturated heterocycles. The predicted molar refractivity (Wildman–Crippen MR) is 120 cm³/mol. The highest BCUT2D eigenvalue weighted by molar-refractivity contribution is 5.76. The highest BCUT2D eigenvalue weighted by Crippen LogP contribution is 2.36. The zero-order chi connectivity index (χ0) is 21.7. The molecule has 2 aliphatic rings. The smallest absolute Gasteiger partial charge is 0.263 e. The van der Waals surface area contributed by atoms with Gasteiger partial charge in [0.15, 0.2) is 5.82 Å². The first-order valence-electron chi connectivity index (χ1n) is 11.0. The molecule has 4 rings (SSSR count). The molecule has 6 heteroatoms. The monoisotopic (exact) mass is 419 g/mol. The Kier molecular flexibility index (Phi) is 6.23. The quantitative estimate of drug-likeness (QED) is 0.417. The third-order valence-corrected chi connectivity index (χ3v) is 5.78. The summed E-state index contributed by atoms with van der Waals surface area (Å²) in [7, 11) is 0. The Hall–Kier alpha value is -2.92. The Bertz CT molecular complexity index is 1030. The molecule has 31 heavy (non-hydrogen) atoms. The van der Waals surface area contributed by atoms with E-state index in [0.717, 1.165) is 31.2 Å². The third kappa shape index (κ3) is 4.42. The molecule has 0 saturated carbocycles. The van der Waals surface area contributed by atoms with Gasteiger partial charge in [0, 0.05) is 5.57 Å². The molecule has 0 spiro atoms. The Balaban J connectivity index is 1.93. The molecule has 0 radical (unpaired) electrons. The van der Waals surface area contributed by atoms with E-state index < -0.39 is 11.2 Å². The van der Waals surface area contributed by atoms with Crippen LogP contribution in [0.1, 0.15) is 56.8 Å². The number of rotatable bonds is 6. The van der Waals surface area contributed by atoms with Gasteiger partial charge in [-0.3, -0.25) is 0 Å². The van der Waals surface area contributed by atoms with Crippen molar-refractivity contribution in [3.63, 3.8) is 0 Å². The Labute approximate surface area is 182 Å².